The van der Waals surface area contributed by atoms with E-state index in [1.165, 1.54) is 30.2 Å². The Bertz CT molecular complexity index is 713. The largest absolute Gasteiger partial charge is 0.325 e. The SMILES string of the molecule is Cc1cc(C)c(NC(=O)CSc2nnnn2C2CCCC2)c(C)c1. The van der Waals surface area contributed by atoms with E-state index in [0.29, 0.717) is 11.8 Å². The molecule has 0 spiro atoms. The minimum absolute atomic E-state index is 0.0315. The number of carbonyl (C=O) groups excluding carboxylic acids is 1. The molecule has 24 heavy (non-hydrogen) atoms. The van der Waals surface area contributed by atoms with Crippen molar-refractivity contribution in [3.63, 3.8) is 0 Å². The highest BCUT2D eigenvalue weighted by Crippen LogP contribution is 2.31. The Labute approximate surface area is 146 Å². The molecule has 128 valence electrons. The Hall–Kier alpha value is -1.89. The minimum Gasteiger partial charge on any atom is -0.325 e. The van der Waals surface area contributed by atoms with Gasteiger partial charge in [0.2, 0.25) is 11.1 Å². The number of hydrogen-bond acceptors (Lipinski definition) is 5. The molecule has 0 aliphatic heterocycles. The van der Waals surface area contributed by atoms with Crippen LogP contribution in [-0.4, -0.2) is 31.9 Å². The molecule has 0 bridgehead atoms. The fourth-order valence-corrected chi connectivity index (χ4v) is 4.09. The minimum atomic E-state index is -0.0315. The summed E-state index contributed by atoms with van der Waals surface area (Å²) in [5.41, 5.74) is 4.28. The number of rotatable bonds is 5. The Morgan fingerprint density at radius 2 is 1.92 bits per heavy atom. The third kappa shape index (κ3) is 3.77. The number of nitrogens with one attached hydrogen (secondary N) is 1. The predicted molar refractivity (Wildman–Crippen MR) is 95.3 cm³/mol. The zero-order valence-electron chi connectivity index (χ0n) is 14.4. The lowest BCUT2D eigenvalue weighted by molar-refractivity contribution is -0.113. The van der Waals surface area contributed by atoms with Gasteiger partial charge in [-0.2, -0.15) is 0 Å². The van der Waals surface area contributed by atoms with E-state index >= 15 is 0 Å². The van der Waals surface area contributed by atoms with Gasteiger partial charge in [-0.05, 0) is 55.2 Å². The van der Waals surface area contributed by atoms with Crippen molar-refractivity contribution < 1.29 is 4.79 Å². The van der Waals surface area contributed by atoms with Crippen molar-refractivity contribution in [2.75, 3.05) is 11.1 Å². The molecule has 1 N–H and O–H groups in total. The molecule has 1 aliphatic rings. The summed E-state index contributed by atoms with van der Waals surface area (Å²) < 4.78 is 1.88. The fourth-order valence-electron chi connectivity index (χ4n) is 3.34. The Kier molecular flexibility index (Phi) is 5.18. The number of hydrogen-bond donors (Lipinski definition) is 1. The average molecular weight is 345 g/mol. The molecule has 3 rings (SSSR count). The number of tetrazole rings is 1. The van der Waals surface area contributed by atoms with Crippen LogP contribution < -0.4 is 5.32 Å². The zero-order valence-corrected chi connectivity index (χ0v) is 15.2. The van der Waals surface area contributed by atoms with Crippen LogP contribution in [0.4, 0.5) is 5.69 Å². The van der Waals surface area contributed by atoms with Gasteiger partial charge in [0.1, 0.15) is 0 Å². The van der Waals surface area contributed by atoms with Gasteiger partial charge in [-0.25, -0.2) is 4.68 Å². The van der Waals surface area contributed by atoms with E-state index in [9.17, 15) is 4.79 Å². The van der Waals surface area contributed by atoms with E-state index in [1.807, 2.05) is 18.5 Å². The molecule has 1 fully saturated rings. The Morgan fingerprint density at radius 3 is 2.58 bits per heavy atom. The Morgan fingerprint density at radius 1 is 1.25 bits per heavy atom. The first kappa shape index (κ1) is 17.0. The van der Waals surface area contributed by atoms with E-state index in [-0.39, 0.29) is 5.91 Å². The number of nitrogens with zero attached hydrogens (tertiary/aromatic N) is 4. The lowest BCUT2D eigenvalue weighted by atomic mass is 10.1. The van der Waals surface area contributed by atoms with Crippen LogP contribution >= 0.6 is 11.8 Å². The van der Waals surface area contributed by atoms with Crippen LogP contribution in [0.1, 0.15) is 48.4 Å². The highest BCUT2D eigenvalue weighted by atomic mass is 32.2. The summed E-state index contributed by atoms with van der Waals surface area (Å²) in [6.07, 6.45) is 4.68. The van der Waals surface area contributed by atoms with Gasteiger partial charge in [-0.15, -0.1) is 5.10 Å². The maximum Gasteiger partial charge on any atom is 0.234 e. The summed E-state index contributed by atoms with van der Waals surface area (Å²) >= 11 is 1.40. The van der Waals surface area contributed by atoms with Crippen molar-refractivity contribution in [1.82, 2.24) is 20.2 Å². The van der Waals surface area contributed by atoms with Crippen molar-refractivity contribution in [1.29, 1.82) is 0 Å². The monoisotopic (exact) mass is 345 g/mol. The normalized spacial score (nSPS) is 15.0. The maximum atomic E-state index is 12.3. The number of amides is 1. The fraction of sp³-hybridized carbons (Fsp3) is 0.529. The molecule has 0 saturated heterocycles. The summed E-state index contributed by atoms with van der Waals surface area (Å²) in [5.74, 6) is 0.274. The van der Waals surface area contributed by atoms with Crippen LogP contribution in [0, 0.1) is 20.8 Å². The van der Waals surface area contributed by atoms with Crippen LogP contribution in [-0.2, 0) is 4.79 Å². The molecule has 0 atom stereocenters. The third-order valence-electron chi connectivity index (χ3n) is 4.41. The highest BCUT2D eigenvalue weighted by molar-refractivity contribution is 7.99. The highest BCUT2D eigenvalue weighted by Gasteiger charge is 2.22. The van der Waals surface area contributed by atoms with E-state index in [1.54, 1.807) is 0 Å². The predicted octanol–water partition coefficient (Wildman–Crippen LogP) is 3.44. The summed E-state index contributed by atoms with van der Waals surface area (Å²) in [4.78, 5) is 12.3. The van der Waals surface area contributed by atoms with Gasteiger partial charge in [0, 0.05) is 5.69 Å². The van der Waals surface area contributed by atoms with Crippen molar-refractivity contribution in [3.05, 3.63) is 28.8 Å². The molecule has 0 unspecified atom stereocenters. The molecule has 0 radical (unpaired) electrons. The maximum absolute atomic E-state index is 12.3. The number of thioether (sulfide) groups is 1. The first-order chi connectivity index (χ1) is 11.5. The lowest BCUT2D eigenvalue weighted by Crippen LogP contribution is -2.17. The zero-order chi connectivity index (χ0) is 17.1. The van der Waals surface area contributed by atoms with Gasteiger partial charge in [0.05, 0.1) is 11.8 Å². The molecule has 1 aromatic heterocycles. The average Bonchev–Trinajstić information content (AvgIpc) is 3.19. The number of aryl methyl sites for hydroxylation is 3. The van der Waals surface area contributed by atoms with E-state index in [4.69, 9.17) is 0 Å². The topological polar surface area (TPSA) is 72.7 Å². The number of aromatic nitrogens is 4. The smallest absolute Gasteiger partial charge is 0.234 e. The lowest BCUT2D eigenvalue weighted by Gasteiger charge is -2.13. The van der Waals surface area contributed by atoms with Gasteiger partial charge < -0.3 is 5.32 Å². The first-order valence-corrected chi connectivity index (χ1v) is 9.31. The standard InChI is InChI=1S/C17H23N5OS/c1-11-8-12(2)16(13(3)9-11)18-15(23)10-24-17-19-20-21-22(17)14-6-4-5-7-14/h8-9,14H,4-7,10H2,1-3H3,(H,18,23). The van der Waals surface area contributed by atoms with E-state index in [2.05, 4.69) is 39.9 Å². The molecule has 1 amide bonds. The van der Waals surface area contributed by atoms with Gasteiger partial charge in [0.25, 0.3) is 0 Å². The Balaban J connectivity index is 1.62. The molecule has 2 aromatic rings. The number of anilines is 1. The molecular formula is C17H23N5OS. The molecule has 1 aliphatic carbocycles. The molecule has 6 nitrogen and oxygen atoms in total. The summed E-state index contributed by atoms with van der Waals surface area (Å²) in [5, 5.41) is 15.7. The molecular weight excluding hydrogens is 322 g/mol. The van der Waals surface area contributed by atoms with Gasteiger partial charge in [-0.1, -0.05) is 42.3 Å². The second kappa shape index (κ2) is 7.34. The van der Waals surface area contributed by atoms with Crippen LogP contribution in [0.2, 0.25) is 0 Å². The summed E-state index contributed by atoms with van der Waals surface area (Å²) in [7, 11) is 0. The molecule has 1 heterocycles. The molecule has 7 heteroatoms. The van der Waals surface area contributed by atoms with Crippen LogP contribution in [0.5, 0.6) is 0 Å². The van der Waals surface area contributed by atoms with Crippen LogP contribution in [0.25, 0.3) is 0 Å². The second-order valence-corrected chi connectivity index (χ2v) is 7.40. The summed E-state index contributed by atoms with van der Waals surface area (Å²) in [6.45, 7) is 6.09. The number of benzene rings is 1. The van der Waals surface area contributed by atoms with Crippen molar-refractivity contribution in [2.45, 2.75) is 57.7 Å². The van der Waals surface area contributed by atoms with Gasteiger partial charge >= 0.3 is 0 Å². The van der Waals surface area contributed by atoms with E-state index < -0.39 is 0 Å². The van der Waals surface area contributed by atoms with Gasteiger partial charge in [-0.3, -0.25) is 4.79 Å². The van der Waals surface area contributed by atoms with Crippen molar-refractivity contribution in [2.24, 2.45) is 0 Å². The summed E-state index contributed by atoms with van der Waals surface area (Å²) in [6, 6.07) is 4.54. The van der Waals surface area contributed by atoms with Crippen LogP contribution in [0.3, 0.4) is 0 Å². The van der Waals surface area contributed by atoms with Crippen molar-refractivity contribution in [3.8, 4) is 0 Å². The number of carbonyl (C=O) groups is 1. The third-order valence-corrected chi connectivity index (χ3v) is 5.34. The second-order valence-electron chi connectivity index (χ2n) is 6.45. The first-order valence-electron chi connectivity index (χ1n) is 8.33. The quantitative estimate of drug-likeness (QED) is 0.840. The van der Waals surface area contributed by atoms with Gasteiger partial charge in [0.15, 0.2) is 0 Å². The molecule has 1 saturated carbocycles. The molecule has 1 aromatic carbocycles. The van der Waals surface area contributed by atoms with E-state index in [0.717, 1.165) is 34.8 Å². The van der Waals surface area contributed by atoms with Crippen molar-refractivity contribution >= 4 is 23.4 Å². The van der Waals surface area contributed by atoms with Crippen LogP contribution in [0.15, 0.2) is 17.3 Å².